The van der Waals surface area contributed by atoms with Gasteiger partial charge >= 0.3 is 0 Å². The first-order valence-electron chi connectivity index (χ1n) is 9.10. The summed E-state index contributed by atoms with van der Waals surface area (Å²) in [6.07, 6.45) is 2.00. The predicted molar refractivity (Wildman–Crippen MR) is 109 cm³/mol. The van der Waals surface area contributed by atoms with Gasteiger partial charge < -0.3 is 9.47 Å². The van der Waals surface area contributed by atoms with Gasteiger partial charge in [0.2, 0.25) is 10.0 Å². The standard InChI is InChI=1S/C19H27ClN4O2S/c1-22-9-11-24(12-10-22)19(18-7-4-8-23(18)2)14-21-27(25,26)15-16-5-3-6-17(20)13-16/h3-8,13,19,21H,9-12,14-15H2,1-2H3. The number of aryl methyl sites for hydroxylation is 1. The molecule has 0 saturated carbocycles. The Morgan fingerprint density at radius 3 is 2.48 bits per heavy atom. The quantitative estimate of drug-likeness (QED) is 0.759. The molecule has 1 saturated heterocycles. The second-order valence-electron chi connectivity index (χ2n) is 7.14. The van der Waals surface area contributed by atoms with E-state index in [1.54, 1.807) is 24.3 Å². The van der Waals surface area contributed by atoms with Gasteiger partial charge in [0, 0.05) is 56.7 Å². The van der Waals surface area contributed by atoms with Crippen LogP contribution in [0.1, 0.15) is 17.3 Å². The fraction of sp³-hybridized carbons (Fsp3) is 0.474. The van der Waals surface area contributed by atoms with Crippen LogP contribution in [0.5, 0.6) is 0 Å². The summed E-state index contributed by atoms with van der Waals surface area (Å²) >= 11 is 5.97. The van der Waals surface area contributed by atoms with E-state index in [0.717, 1.165) is 31.9 Å². The summed E-state index contributed by atoms with van der Waals surface area (Å²) in [4.78, 5) is 4.65. The second-order valence-corrected chi connectivity index (χ2v) is 9.38. The van der Waals surface area contributed by atoms with E-state index in [2.05, 4.69) is 32.2 Å². The predicted octanol–water partition coefficient (Wildman–Crippen LogP) is 2.09. The van der Waals surface area contributed by atoms with Crippen molar-refractivity contribution >= 4 is 21.6 Å². The number of halogens is 1. The lowest BCUT2D eigenvalue weighted by Crippen LogP contribution is -2.49. The van der Waals surface area contributed by atoms with Crippen LogP contribution >= 0.6 is 11.6 Å². The van der Waals surface area contributed by atoms with Crippen LogP contribution in [-0.2, 0) is 22.8 Å². The molecule has 8 heteroatoms. The molecule has 1 fully saturated rings. The van der Waals surface area contributed by atoms with E-state index in [4.69, 9.17) is 11.6 Å². The molecule has 0 spiro atoms. The van der Waals surface area contributed by atoms with Crippen LogP contribution in [0.15, 0.2) is 42.6 Å². The Balaban J connectivity index is 1.71. The molecule has 1 unspecified atom stereocenters. The lowest BCUT2D eigenvalue weighted by Gasteiger charge is -2.38. The van der Waals surface area contributed by atoms with Crippen molar-refractivity contribution < 1.29 is 8.42 Å². The minimum Gasteiger partial charge on any atom is -0.353 e. The largest absolute Gasteiger partial charge is 0.353 e. The number of likely N-dealkylation sites (N-methyl/N-ethyl adjacent to an activating group) is 1. The molecule has 1 aromatic heterocycles. The Hall–Kier alpha value is -1.38. The molecule has 27 heavy (non-hydrogen) atoms. The van der Waals surface area contributed by atoms with Gasteiger partial charge in [0.15, 0.2) is 0 Å². The van der Waals surface area contributed by atoms with Gasteiger partial charge in [-0.3, -0.25) is 4.90 Å². The zero-order chi connectivity index (χ0) is 19.4. The number of hydrogen-bond acceptors (Lipinski definition) is 4. The van der Waals surface area contributed by atoms with Crippen LogP contribution in [0.2, 0.25) is 5.02 Å². The molecule has 2 aromatic rings. The molecule has 0 aliphatic carbocycles. The van der Waals surface area contributed by atoms with Crippen LogP contribution in [0.25, 0.3) is 0 Å². The van der Waals surface area contributed by atoms with Crippen molar-refractivity contribution in [3.63, 3.8) is 0 Å². The Morgan fingerprint density at radius 1 is 1.11 bits per heavy atom. The molecular formula is C19H27ClN4O2S. The van der Waals surface area contributed by atoms with Crippen LogP contribution in [0, 0.1) is 0 Å². The molecule has 0 amide bonds. The van der Waals surface area contributed by atoms with Gasteiger partial charge in [-0.1, -0.05) is 23.7 Å². The van der Waals surface area contributed by atoms with E-state index in [1.165, 1.54) is 0 Å². The summed E-state index contributed by atoms with van der Waals surface area (Å²) in [5.41, 5.74) is 1.80. The number of sulfonamides is 1. The summed E-state index contributed by atoms with van der Waals surface area (Å²) < 4.78 is 30.1. The number of nitrogens with one attached hydrogen (secondary N) is 1. The van der Waals surface area contributed by atoms with Gasteiger partial charge in [0.05, 0.1) is 11.8 Å². The van der Waals surface area contributed by atoms with Crippen molar-refractivity contribution in [2.75, 3.05) is 39.8 Å². The number of benzene rings is 1. The molecule has 1 aliphatic heterocycles. The van der Waals surface area contributed by atoms with E-state index < -0.39 is 10.0 Å². The Morgan fingerprint density at radius 2 is 1.85 bits per heavy atom. The van der Waals surface area contributed by atoms with Crippen molar-refractivity contribution in [2.24, 2.45) is 7.05 Å². The van der Waals surface area contributed by atoms with E-state index in [0.29, 0.717) is 17.1 Å². The highest BCUT2D eigenvalue weighted by atomic mass is 35.5. The van der Waals surface area contributed by atoms with Crippen LogP contribution < -0.4 is 4.72 Å². The van der Waals surface area contributed by atoms with Crippen molar-refractivity contribution in [3.05, 3.63) is 58.9 Å². The summed E-state index contributed by atoms with van der Waals surface area (Å²) in [6, 6.07) is 11.0. The van der Waals surface area contributed by atoms with Gasteiger partial charge in [-0.05, 0) is 36.9 Å². The molecule has 2 heterocycles. The van der Waals surface area contributed by atoms with Crippen molar-refractivity contribution in [1.29, 1.82) is 0 Å². The van der Waals surface area contributed by atoms with Crippen LogP contribution in [0.3, 0.4) is 0 Å². The minimum atomic E-state index is -3.45. The number of aromatic nitrogens is 1. The van der Waals surface area contributed by atoms with E-state index >= 15 is 0 Å². The Kier molecular flexibility index (Phi) is 6.60. The molecule has 1 aromatic carbocycles. The molecule has 0 radical (unpaired) electrons. The monoisotopic (exact) mass is 410 g/mol. The average Bonchev–Trinajstić information content (AvgIpc) is 3.02. The minimum absolute atomic E-state index is 0.00726. The SMILES string of the molecule is CN1CCN(C(CNS(=O)(=O)Cc2cccc(Cl)c2)c2cccn2C)CC1. The summed E-state index contributed by atoms with van der Waals surface area (Å²) in [5.74, 6) is -0.0733. The first-order chi connectivity index (χ1) is 12.8. The summed E-state index contributed by atoms with van der Waals surface area (Å²) in [7, 11) is 0.658. The average molecular weight is 411 g/mol. The summed E-state index contributed by atoms with van der Waals surface area (Å²) in [5, 5.41) is 0.543. The zero-order valence-electron chi connectivity index (χ0n) is 15.8. The third-order valence-electron chi connectivity index (χ3n) is 5.05. The van der Waals surface area contributed by atoms with Gasteiger partial charge in [0.25, 0.3) is 0 Å². The van der Waals surface area contributed by atoms with Crippen LogP contribution in [-0.4, -0.2) is 62.6 Å². The highest BCUT2D eigenvalue weighted by molar-refractivity contribution is 7.88. The molecule has 3 rings (SSSR count). The lowest BCUT2D eigenvalue weighted by molar-refractivity contribution is 0.109. The molecule has 1 N–H and O–H groups in total. The van der Waals surface area contributed by atoms with E-state index in [1.807, 2.05) is 19.3 Å². The van der Waals surface area contributed by atoms with Gasteiger partial charge in [-0.15, -0.1) is 0 Å². The molecule has 0 bridgehead atoms. The first-order valence-corrected chi connectivity index (χ1v) is 11.1. The maximum absolute atomic E-state index is 12.6. The molecular weight excluding hydrogens is 384 g/mol. The van der Waals surface area contributed by atoms with E-state index in [9.17, 15) is 8.42 Å². The maximum atomic E-state index is 12.6. The Bertz CT molecular complexity index is 860. The maximum Gasteiger partial charge on any atom is 0.215 e. The Labute approximate surface area is 166 Å². The fourth-order valence-corrected chi connectivity index (χ4v) is 4.82. The van der Waals surface area contributed by atoms with Crippen molar-refractivity contribution in [3.8, 4) is 0 Å². The fourth-order valence-electron chi connectivity index (χ4n) is 3.48. The normalized spacial score (nSPS) is 17.9. The molecule has 6 nitrogen and oxygen atoms in total. The second kappa shape index (κ2) is 8.75. The smallest absolute Gasteiger partial charge is 0.215 e. The van der Waals surface area contributed by atoms with E-state index in [-0.39, 0.29) is 11.8 Å². The number of hydrogen-bond donors (Lipinski definition) is 1. The summed E-state index contributed by atoms with van der Waals surface area (Å²) in [6.45, 7) is 4.15. The van der Waals surface area contributed by atoms with Gasteiger partial charge in [-0.25, -0.2) is 13.1 Å². The van der Waals surface area contributed by atoms with Crippen LogP contribution in [0.4, 0.5) is 0 Å². The molecule has 1 atom stereocenters. The molecule has 148 valence electrons. The van der Waals surface area contributed by atoms with Crippen molar-refractivity contribution in [1.82, 2.24) is 19.1 Å². The topological polar surface area (TPSA) is 57.6 Å². The first kappa shape index (κ1) is 20.4. The number of rotatable bonds is 7. The highest BCUT2D eigenvalue weighted by Gasteiger charge is 2.27. The lowest BCUT2D eigenvalue weighted by atomic mass is 10.1. The van der Waals surface area contributed by atoms with Crippen molar-refractivity contribution in [2.45, 2.75) is 11.8 Å². The third kappa shape index (κ3) is 5.56. The highest BCUT2D eigenvalue weighted by Crippen LogP contribution is 2.22. The number of nitrogens with zero attached hydrogens (tertiary/aromatic N) is 3. The molecule has 1 aliphatic rings. The van der Waals surface area contributed by atoms with Gasteiger partial charge in [0.1, 0.15) is 0 Å². The third-order valence-corrected chi connectivity index (χ3v) is 6.60. The zero-order valence-corrected chi connectivity index (χ0v) is 17.4. The van der Waals surface area contributed by atoms with Gasteiger partial charge in [-0.2, -0.15) is 0 Å². The number of piperazine rings is 1.